The summed E-state index contributed by atoms with van der Waals surface area (Å²) in [6.07, 6.45) is 4.34. The lowest BCUT2D eigenvalue weighted by atomic mass is 9.79. The number of likely N-dealkylation sites (tertiary alicyclic amines) is 1. The number of carbonyl (C=O) groups is 1. The SMILES string of the molecule is CCC(C)C(C)C(CC)CC(=O)N1C(C)CC2C(C)C21. The Morgan fingerprint density at radius 2 is 1.85 bits per heavy atom. The van der Waals surface area contributed by atoms with E-state index in [2.05, 4.69) is 46.4 Å². The zero-order valence-corrected chi connectivity index (χ0v) is 14.2. The van der Waals surface area contributed by atoms with E-state index in [1.165, 1.54) is 12.8 Å². The minimum absolute atomic E-state index is 0.427. The summed E-state index contributed by atoms with van der Waals surface area (Å²) in [6, 6.07) is 1.05. The summed E-state index contributed by atoms with van der Waals surface area (Å²) in [6.45, 7) is 13.7. The van der Waals surface area contributed by atoms with E-state index in [9.17, 15) is 4.79 Å². The van der Waals surface area contributed by atoms with Crippen LogP contribution in [0.15, 0.2) is 0 Å². The number of hydrogen-bond acceptors (Lipinski definition) is 1. The number of piperidine rings is 1. The van der Waals surface area contributed by atoms with Gasteiger partial charge in [0, 0.05) is 18.5 Å². The van der Waals surface area contributed by atoms with E-state index in [4.69, 9.17) is 0 Å². The number of amides is 1. The monoisotopic (exact) mass is 279 g/mol. The third kappa shape index (κ3) is 2.76. The highest BCUT2D eigenvalue weighted by atomic mass is 16.2. The van der Waals surface area contributed by atoms with Gasteiger partial charge in [-0.1, -0.05) is 47.5 Å². The standard InChI is InChI=1S/C18H33NO/c1-7-11(3)13(5)15(8-2)10-17(20)19-12(4)9-16-14(6)18(16)19/h11-16,18H,7-10H2,1-6H3. The van der Waals surface area contributed by atoms with Crippen molar-refractivity contribution in [3.63, 3.8) is 0 Å². The molecule has 1 aliphatic carbocycles. The van der Waals surface area contributed by atoms with Gasteiger partial charge in [-0.25, -0.2) is 0 Å². The minimum Gasteiger partial charge on any atom is -0.336 e. The summed E-state index contributed by atoms with van der Waals surface area (Å²) < 4.78 is 0. The predicted molar refractivity (Wildman–Crippen MR) is 84.4 cm³/mol. The molecule has 2 rings (SSSR count). The van der Waals surface area contributed by atoms with Crippen molar-refractivity contribution in [3.8, 4) is 0 Å². The Kier molecular flexibility index (Phi) is 4.81. The first kappa shape index (κ1) is 15.9. The van der Waals surface area contributed by atoms with Crippen LogP contribution in [0.5, 0.6) is 0 Å². The van der Waals surface area contributed by atoms with Gasteiger partial charge in [-0.2, -0.15) is 0 Å². The number of hydrogen-bond donors (Lipinski definition) is 0. The molecule has 20 heavy (non-hydrogen) atoms. The molecule has 2 fully saturated rings. The van der Waals surface area contributed by atoms with Crippen molar-refractivity contribution in [2.75, 3.05) is 0 Å². The van der Waals surface area contributed by atoms with Gasteiger partial charge in [-0.05, 0) is 42.9 Å². The van der Waals surface area contributed by atoms with Gasteiger partial charge in [0.1, 0.15) is 0 Å². The fourth-order valence-electron chi connectivity index (χ4n) is 4.42. The molecule has 1 saturated heterocycles. The molecule has 1 amide bonds. The van der Waals surface area contributed by atoms with Crippen LogP contribution in [0.3, 0.4) is 0 Å². The highest BCUT2D eigenvalue weighted by molar-refractivity contribution is 5.78. The van der Waals surface area contributed by atoms with E-state index in [1.807, 2.05) is 0 Å². The molecule has 0 spiro atoms. The summed E-state index contributed by atoms with van der Waals surface area (Å²) in [5.41, 5.74) is 0. The highest BCUT2D eigenvalue weighted by Crippen LogP contribution is 2.53. The fourth-order valence-corrected chi connectivity index (χ4v) is 4.42. The smallest absolute Gasteiger partial charge is 0.223 e. The van der Waals surface area contributed by atoms with Crippen LogP contribution in [0.4, 0.5) is 0 Å². The molecule has 7 atom stereocenters. The molecule has 0 aromatic rings. The molecular weight excluding hydrogens is 246 g/mol. The molecule has 2 nitrogen and oxygen atoms in total. The highest BCUT2D eigenvalue weighted by Gasteiger charge is 2.58. The van der Waals surface area contributed by atoms with Gasteiger partial charge in [0.2, 0.25) is 5.91 Å². The summed E-state index contributed by atoms with van der Waals surface area (Å²) in [4.78, 5) is 15.0. The summed E-state index contributed by atoms with van der Waals surface area (Å²) in [5, 5.41) is 0. The Morgan fingerprint density at radius 3 is 2.35 bits per heavy atom. The van der Waals surface area contributed by atoms with Gasteiger partial charge in [0.05, 0.1) is 0 Å². The molecule has 0 N–H and O–H groups in total. The van der Waals surface area contributed by atoms with Gasteiger partial charge >= 0.3 is 0 Å². The first-order valence-electron chi connectivity index (χ1n) is 8.73. The second-order valence-corrected chi connectivity index (χ2v) is 7.52. The van der Waals surface area contributed by atoms with Crippen molar-refractivity contribution in [2.24, 2.45) is 29.6 Å². The first-order chi connectivity index (χ1) is 9.42. The maximum absolute atomic E-state index is 12.7. The number of fused-ring (bicyclic) bond motifs is 1. The van der Waals surface area contributed by atoms with Crippen molar-refractivity contribution in [1.29, 1.82) is 0 Å². The molecule has 116 valence electrons. The molecule has 1 heterocycles. The van der Waals surface area contributed by atoms with Crippen LogP contribution < -0.4 is 0 Å². The maximum Gasteiger partial charge on any atom is 0.223 e. The van der Waals surface area contributed by atoms with Gasteiger partial charge in [-0.3, -0.25) is 4.79 Å². The Morgan fingerprint density at radius 1 is 1.20 bits per heavy atom. The lowest BCUT2D eigenvalue weighted by molar-refractivity contribution is -0.134. The summed E-state index contributed by atoms with van der Waals surface area (Å²) in [7, 11) is 0. The maximum atomic E-state index is 12.7. The number of rotatable bonds is 6. The van der Waals surface area contributed by atoms with Crippen molar-refractivity contribution in [3.05, 3.63) is 0 Å². The number of carbonyl (C=O) groups excluding carboxylic acids is 1. The molecule has 7 unspecified atom stereocenters. The van der Waals surface area contributed by atoms with Crippen LogP contribution in [-0.2, 0) is 4.79 Å². The average molecular weight is 279 g/mol. The topological polar surface area (TPSA) is 20.3 Å². The molecule has 0 radical (unpaired) electrons. The quantitative estimate of drug-likeness (QED) is 0.708. The Labute approximate surface area is 125 Å². The van der Waals surface area contributed by atoms with Crippen LogP contribution in [0.25, 0.3) is 0 Å². The lowest BCUT2D eigenvalue weighted by Gasteiger charge is -2.31. The normalized spacial score (nSPS) is 36.4. The summed E-state index contributed by atoms with van der Waals surface area (Å²) in [5.74, 6) is 3.91. The van der Waals surface area contributed by atoms with Crippen LogP contribution in [-0.4, -0.2) is 22.9 Å². The molecule has 0 bridgehead atoms. The van der Waals surface area contributed by atoms with E-state index in [0.29, 0.717) is 29.8 Å². The zero-order valence-electron chi connectivity index (χ0n) is 14.2. The molecule has 1 saturated carbocycles. The van der Waals surface area contributed by atoms with Crippen LogP contribution >= 0.6 is 0 Å². The third-order valence-corrected chi connectivity index (χ3v) is 6.46. The Hall–Kier alpha value is -0.530. The minimum atomic E-state index is 0.427. The van der Waals surface area contributed by atoms with E-state index in [-0.39, 0.29) is 0 Å². The molecular formula is C18H33NO. The third-order valence-electron chi connectivity index (χ3n) is 6.46. The molecule has 1 aliphatic heterocycles. The van der Waals surface area contributed by atoms with Gasteiger partial charge in [0.25, 0.3) is 0 Å². The van der Waals surface area contributed by atoms with Gasteiger partial charge in [-0.15, -0.1) is 0 Å². The fraction of sp³-hybridized carbons (Fsp3) is 0.944. The average Bonchev–Trinajstić information content (AvgIpc) is 2.88. The molecule has 0 aromatic carbocycles. The van der Waals surface area contributed by atoms with Gasteiger partial charge in [0.15, 0.2) is 0 Å². The lowest BCUT2D eigenvalue weighted by Crippen LogP contribution is -2.39. The van der Waals surface area contributed by atoms with E-state index in [0.717, 1.165) is 30.6 Å². The largest absolute Gasteiger partial charge is 0.336 e. The second-order valence-electron chi connectivity index (χ2n) is 7.52. The first-order valence-corrected chi connectivity index (χ1v) is 8.73. The Bertz CT molecular complexity index is 353. The van der Waals surface area contributed by atoms with Gasteiger partial charge < -0.3 is 4.90 Å². The van der Waals surface area contributed by atoms with Crippen molar-refractivity contribution in [1.82, 2.24) is 4.90 Å². The van der Waals surface area contributed by atoms with Crippen LogP contribution in [0.2, 0.25) is 0 Å². The van der Waals surface area contributed by atoms with E-state index in [1.54, 1.807) is 0 Å². The van der Waals surface area contributed by atoms with Crippen LogP contribution in [0.1, 0.15) is 67.2 Å². The second kappa shape index (κ2) is 6.07. The predicted octanol–water partition coefficient (Wildman–Crippen LogP) is 4.34. The zero-order chi connectivity index (χ0) is 15.0. The van der Waals surface area contributed by atoms with Crippen molar-refractivity contribution in [2.45, 2.75) is 79.3 Å². The van der Waals surface area contributed by atoms with Crippen molar-refractivity contribution < 1.29 is 4.79 Å². The summed E-state index contributed by atoms with van der Waals surface area (Å²) >= 11 is 0. The van der Waals surface area contributed by atoms with E-state index < -0.39 is 0 Å². The molecule has 2 aliphatic rings. The number of nitrogens with zero attached hydrogens (tertiary/aromatic N) is 1. The molecule has 0 aromatic heterocycles. The molecule has 2 heteroatoms. The Balaban J connectivity index is 1.95. The van der Waals surface area contributed by atoms with E-state index >= 15 is 0 Å². The van der Waals surface area contributed by atoms with Crippen LogP contribution in [0, 0.1) is 29.6 Å². The van der Waals surface area contributed by atoms with Crippen molar-refractivity contribution >= 4 is 5.91 Å².